The number of nitro groups is 1. The zero-order valence-corrected chi connectivity index (χ0v) is 14.5. The van der Waals surface area contributed by atoms with Crippen molar-refractivity contribution in [3.8, 4) is 0 Å². The molecule has 0 spiro atoms. The number of anilines is 3. The summed E-state index contributed by atoms with van der Waals surface area (Å²) in [5.41, 5.74) is 1.74. The lowest BCUT2D eigenvalue weighted by atomic mass is 10.2. The van der Waals surface area contributed by atoms with Gasteiger partial charge in [0.2, 0.25) is 11.6 Å². The van der Waals surface area contributed by atoms with Crippen LogP contribution in [0.5, 0.6) is 0 Å². The lowest BCUT2D eigenvalue weighted by Crippen LogP contribution is -2.20. The molecule has 8 nitrogen and oxygen atoms in total. The number of rotatable bonds is 7. The number of hydrogen-bond acceptors (Lipinski definition) is 7. The van der Waals surface area contributed by atoms with E-state index in [0.717, 1.165) is 11.3 Å². The van der Waals surface area contributed by atoms with E-state index >= 15 is 0 Å². The lowest BCUT2D eigenvalue weighted by molar-refractivity contribution is -0.383. The average molecular weight is 353 g/mol. The Kier molecular flexibility index (Phi) is 5.12. The second-order valence-corrected chi connectivity index (χ2v) is 5.67. The Bertz CT molecular complexity index is 896. The van der Waals surface area contributed by atoms with Gasteiger partial charge in [0, 0.05) is 12.2 Å². The first-order valence-electron chi connectivity index (χ1n) is 8.20. The maximum atomic E-state index is 11.8. The molecule has 0 bridgehead atoms. The van der Waals surface area contributed by atoms with Crippen molar-refractivity contribution < 1.29 is 9.34 Å². The maximum Gasteiger partial charge on any atom is 0.353 e. The Hall–Kier alpha value is -3.42. The van der Waals surface area contributed by atoms with Crippen molar-refractivity contribution >= 4 is 23.0 Å². The van der Waals surface area contributed by atoms with Crippen LogP contribution < -0.4 is 10.2 Å². The molecule has 2 heterocycles. The van der Waals surface area contributed by atoms with Crippen molar-refractivity contribution in [2.75, 3.05) is 16.8 Å². The standard InChI is InChI=1S/C18H19N5O3/c1-3-22(14-7-4-6-13(2)10-14)18-16(23(24)25)17(20-12-21-18)19-11-15-8-5-9-26-15/h4-10,12H,3,11H2,1-2H3,(H,19,20,21). The van der Waals surface area contributed by atoms with Gasteiger partial charge in [0.1, 0.15) is 12.1 Å². The summed E-state index contributed by atoms with van der Waals surface area (Å²) in [7, 11) is 0. The normalized spacial score (nSPS) is 10.5. The minimum Gasteiger partial charge on any atom is -0.467 e. The quantitative estimate of drug-likeness (QED) is 0.505. The van der Waals surface area contributed by atoms with E-state index in [-0.39, 0.29) is 17.3 Å². The molecule has 0 saturated heterocycles. The summed E-state index contributed by atoms with van der Waals surface area (Å²) in [6.07, 6.45) is 2.87. The highest BCUT2D eigenvalue weighted by Gasteiger charge is 2.27. The summed E-state index contributed by atoms with van der Waals surface area (Å²) in [6, 6.07) is 11.3. The molecule has 0 saturated carbocycles. The number of aryl methyl sites for hydroxylation is 1. The number of benzene rings is 1. The van der Waals surface area contributed by atoms with Crippen LogP contribution in [-0.2, 0) is 6.54 Å². The lowest BCUT2D eigenvalue weighted by Gasteiger charge is -2.22. The van der Waals surface area contributed by atoms with Gasteiger partial charge in [0.15, 0.2) is 0 Å². The summed E-state index contributed by atoms with van der Waals surface area (Å²) < 4.78 is 5.25. The van der Waals surface area contributed by atoms with Gasteiger partial charge in [-0.3, -0.25) is 10.1 Å². The monoisotopic (exact) mass is 353 g/mol. The van der Waals surface area contributed by atoms with E-state index in [4.69, 9.17) is 4.42 Å². The van der Waals surface area contributed by atoms with Crippen LogP contribution in [0.3, 0.4) is 0 Å². The van der Waals surface area contributed by atoms with E-state index < -0.39 is 4.92 Å². The predicted octanol–water partition coefficient (Wildman–Crippen LogP) is 4.06. The van der Waals surface area contributed by atoms with Crippen molar-refractivity contribution in [2.24, 2.45) is 0 Å². The second kappa shape index (κ2) is 7.64. The molecule has 0 fully saturated rings. The molecule has 3 rings (SSSR count). The fourth-order valence-electron chi connectivity index (χ4n) is 2.70. The fraction of sp³-hybridized carbons (Fsp3) is 0.222. The SMILES string of the molecule is CCN(c1cccc(C)c1)c1ncnc(NCc2ccco2)c1[N+](=O)[O-]. The number of nitrogens with one attached hydrogen (secondary N) is 1. The first-order chi connectivity index (χ1) is 12.6. The number of nitrogens with zero attached hydrogens (tertiary/aromatic N) is 4. The molecule has 0 unspecified atom stereocenters. The number of furan rings is 1. The molecule has 0 radical (unpaired) electrons. The van der Waals surface area contributed by atoms with Gasteiger partial charge in [-0.1, -0.05) is 12.1 Å². The van der Waals surface area contributed by atoms with Crippen molar-refractivity contribution in [3.05, 3.63) is 70.4 Å². The molecule has 1 aromatic carbocycles. The van der Waals surface area contributed by atoms with Crippen LogP contribution in [0.4, 0.5) is 23.0 Å². The van der Waals surface area contributed by atoms with Gasteiger partial charge in [-0.25, -0.2) is 9.97 Å². The molecule has 0 aliphatic heterocycles. The molecular weight excluding hydrogens is 334 g/mol. The van der Waals surface area contributed by atoms with Gasteiger partial charge in [-0.15, -0.1) is 0 Å². The minimum atomic E-state index is -0.460. The van der Waals surface area contributed by atoms with E-state index in [1.807, 2.05) is 38.1 Å². The summed E-state index contributed by atoms with van der Waals surface area (Å²) in [4.78, 5) is 21.3. The third kappa shape index (κ3) is 3.64. The highest BCUT2D eigenvalue weighted by molar-refractivity contribution is 5.75. The molecule has 0 aliphatic carbocycles. The van der Waals surface area contributed by atoms with E-state index in [9.17, 15) is 10.1 Å². The van der Waals surface area contributed by atoms with Gasteiger partial charge in [0.25, 0.3) is 0 Å². The van der Waals surface area contributed by atoms with Gasteiger partial charge in [0.05, 0.1) is 17.7 Å². The molecule has 3 aromatic rings. The molecule has 2 aromatic heterocycles. The summed E-state index contributed by atoms with van der Waals surface area (Å²) in [5.74, 6) is 1.06. The Morgan fingerprint density at radius 2 is 2.12 bits per heavy atom. The molecule has 8 heteroatoms. The Morgan fingerprint density at radius 3 is 2.77 bits per heavy atom. The first-order valence-corrected chi connectivity index (χ1v) is 8.20. The van der Waals surface area contributed by atoms with E-state index in [1.54, 1.807) is 23.3 Å². The van der Waals surface area contributed by atoms with Gasteiger partial charge < -0.3 is 14.6 Å². The van der Waals surface area contributed by atoms with Crippen LogP contribution in [0.15, 0.2) is 53.4 Å². The topological polar surface area (TPSA) is 97.3 Å². The molecule has 1 N–H and O–H groups in total. The molecule has 134 valence electrons. The van der Waals surface area contributed by atoms with Crippen LogP contribution in [0.25, 0.3) is 0 Å². The smallest absolute Gasteiger partial charge is 0.353 e. The number of hydrogen-bond donors (Lipinski definition) is 1. The second-order valence-electron chi connectivity index (χ2n) is 5.67. The minimum absolute atomic E-state index is 0.155. The molecule has 26 heavy (non-hydrogen) atoms. The van der Waals surface area contributed by atoms with Crippen molar-refractivity contribution in [3.63, 3.8) is 0 Å². The molecular formula is C18H19N5O3. The maximum absolute atomic E-state index is 11.8. The largest absolute Gasteiger partial charge is 0.467 e. The van der Waals surface area contributed by atoms with E-state index in [0.29, 0.717) is 18.8 Å². The highest BCUT2D eigenvalue weighted by Crippen LogP contribution is 2.36. The van der Waals surface area contributed by atoms with E-state index in [2.05, 4.69) is 15.3 Å². The Labute approximate surface area is 150 Å². The third-order valence-electron chi connectivity index (χ3n) is 3.88. The van der Waals surface area contributed by atoms with Crippen LogP contribution >= 0.6 is 0 Å². The summed E-state index contributed by atoms with van der Waals surface area (Å²) in [5, 5.41) is 14.7. The van der Waals surface area contributed by atoms with Gasteiger partial charge in [-0.05, 0) is 43.7 Å². The zero-order chi connectivity index (χ0) is 18.5. The number of aromatic nitrogens is 2. The van der Waals surface area contributed by atoms with Crippen LogP contribution in [0, 0.1) is 17.0 Å². The summed E-state index contributed by atoms with van der Waals surface area (Å²) in [6.45, 7) is 4.71. The molecule has 0 amide bonds. The average Bonchev–Trinajstić information content (AvgIpc) is 3.14. The third-order valence-corrected chi connectivity index (χ3v) is 3.88. The predicted molar refractivity (Wildman–Crippen MR) is 98.6 cm³/mol. The van der Waals surface area contributed by atoms with Crippen molar-refractivity contribution in [1.82, 2.24) is 9.97 Å². The Morgan fingerprint density at radius 1 is 1.27 bits per heavy atom. The van der Waals surface area contributed by atoms with Gasteiger partial charge in [-0.2, -0.15) is 0 Å². The van der Waals surface area contributed by atoms with Crippen LogP contribution in [0.2, 0.25) is 0 Å². The van der Waals surface area contributed by atoms with Crippen LogP contribution in [-0.4, -0.2) is 21.4 Å². The zero-order valence-electron chi connectivity index (χ0n) is 14.5. The van der Waals surface area contributed by atoms with Crippen molar-refractivity contribution in [2.45, 2.75) is 20.4 Å². The summed E-state index contributed by atoms with van der Waals surface area (Å²) >= 11 is 0. The van der Waals surface area contributed by atoms with Crippen molar-refractivity contribution in [1.29, 1.82) is 0 Å². The van der Waals surface area contributed by atoms with E-state index in [1.165, 1.54) is 6.33 Å². The molecule has 0 aliphatic rings. The fourth-order valence-corrected chi connectivity index (χ4v) is 2.70. The molecule has 0 atom stereocenters. The Balaban J connectivity index is 2.00. The highest BCUT2D eigenvalue weighted by atomic mass is 16.6. The van der Waals surface area contributed by atoms with Crippen LogP contribution in [0.1, 0.15) is 18.2 Å². The first kappa shape index (κ1) is 17.4. The van der Waals surface area contributed by atoms with Gasteiger partial charge >= 0.3 is 5.69 Å².